The van der Waals surface area contributed by atoms with Gasteiger partial charge in [-0.2, -0.15) is 0 Å². The second-order valence-corrected chi connectivity index (χ2v) is 7.22. The number of benzene rings is 1. The molecule has 1 N–H and O–H groups in total. The highest BCUT2D eigenvalue weighted by Gasteiger charge is 2.65. The Morgan fingerprint density at radius 2 is 1.78 bits per heavy atom. The van der Waals surface area contributed by atoms with E-state index in [1.807, 2.05) is 25.1 Å². The first-order chi connectivity index (χ1) is 8.18. The lowest BCUT2D eigenvalue weighted by atomic mass is 10.0. The molecule has 0 aliphatic heterocycles. The van der Waals surface area contributed by atoms with Gasteiger partial charge in [0, 0.05) is 16.1 Å². The molecule has 0 radical (unpaired) electrons. The Bertz CT molecular complexity index is 491. The monoisotopic (exact) mass is 309 g/mol. The molecule has 1 aliphatic carbocycles. The van der Waals surface area contributed by atoms with Gasteiger partial charge < -0.3 is 5.32 Å². The third-order valence-electron chi connectivity index (χ3n) is 4.74. The number of rotatable bonds is 2. The van der Waals surface area contributed by atoms with E-state index < -0.39 is 0 Å². The molecule has 0 aromatic heterocycles. The fourth-order valence-corrected chi connectivity index (χ4v) is 2.97. The predicted molar refractivity (Wildman–Crippen MR) is 77.7 cm³/mol. The van der Waals surface area contributed by atoms with Crippen molar-refractivity contribution in [1.82, 2.24) is 5.32 Å². The number of amides is 1. The van der Waals surface area contributed by atoms with E-state index in [4.69, 9.17) is 0 Å². The number of hydrogen-bond acceptors (Lipinski definition) is 1. The topological polar surface area (TPSA) is 29.1 Å². The lowest BCUT2D eigenvalue weighted by molar-refractivity contribution is 0.0943. The van der Waals surface area contributed by atoms with Gasteiger partial charge in [0.1, 0.15) is 0 Å². The van der Waals surface area contributed by atoms with Gasteiger partial charge in [0.05, 0.1) is 0 Å². The standard InChI is InChI=1S/C15H20BrNO/c1-9-6-7-10(16)8-11(9)12(18)17-13-14(2,3)15(13,4)5/h6-8,13H,1-5H3,(H,17,18). The number of aryl methyl sites for hydroxylation is 1. The molecule has 1 fully saturated rings. The van der Waals surface area contributed by atoms with Crippen LogP contribution in [0, 0.1) is 17.8 Å². The van der Waals surface area contributed by atoms with E-state index in [1.54, 1.807) is 0 Å². The molecule has 0 atom stereocenters. The van der Waals surface area contributed by atoms with Crippen molar-refractivity contribution in [2.45, 2.75) is 40.7 Å². The minimum Gasteiger partial charge on any atom is -0.348 e. The van der Waals surface area contributed by atoms with Crippen molar-refractivity contribution < 1.29 is 4.79 Å². The van der Waals surface area contributed by atoms with Crippen LogP contribution in [0.4, 0.5) is 0 Å². The molecule has 98 valence electrons. The number of carbonyl (C=O) groups excluding carboxylic acids is 1. The lowest BCUT2D eigenvalue weighted by Crippen LogP contribution is -2.30. The Morgan fingerprint density at radius 3 is 2.28 bits per heavy atom. The summed E-state index contributed by atoms with van der Waals surface area (Å²) in [6, 6.07) is 6.04. The molecule has 0 spiro atoms. The van der Waals surface area contributed by atoms with Gasteiger partial charge in [-0.15, -0.1) is 0 Å². The fraction of sp³-hybridized carbons (Fsp3) is 0.533. The van der Waals surface area contributed by atoms with Gasteiger partial charge in [-0.1, -0.05) is 49.7 Å². The van der Waals surface area contributed by atoms with Crippen LogP contribution in [0.5, 0.6) is 0 Å². The quantitative estimate of drug-likeness (QED) is 0.881. The van der Waals surface area contributed by atoms with E-state index in [1.165, 1.54) is 0 Å². The first-order valence-corrected chi connectivity index (χ1v) is 7.04. The Morgan fingerprint density at radius 1 is 1.22 bits per heavy atom. The summed E-state index contributed by atoms with van der Waals surface area (Å²) in [5, 5.41) is 3.16. The molecule has 1 aromatic rings. The molecule has 0 unspecified atom stereocenters. The third-order valence-corrected chi connectivity index (χ3v) is 5.23. The number of carbonyl (C=O) groups is 1. The molecule has 0 saturated heterocycles. The van der Waals surface area contributed by atoms with Crippen LogP contribution in [0.15, 0.2) is 22.7 Å². The van der Waals surface area contributed by atoms with E-state index >= 15 is 0 Å². The van der Waals surface area contributed by atoms with Gasteiger partial charge in [0.2, 0.25) is 0 Å². The van der Waals surface area contributed by atoms with Gasteiger partial charge in [-0.3, -0.25) is 4.79 Å². The molecular weight excluding hydrogens is 290 g/mol. The predicted octanol–water partition coefficient (Wildman–Crippen LogP) is 3.92. The molecule has 2 nitrogen and oxygen atoms in total. The zero-order chi connectivity index (χ0) is 13.7. The van der Waals surface area contributed by atoms with E-state index in [0.717, 1.165) is 15.6 Å². The van der Waals surface area contributed by atoms with Gasteiger partial charge in [-0.05, 0) is 35.4 Å². The molecular formula is C15H20BrNO. The molecule has 1 aromatic carbocycles. The summed E-state index contributed by atoms with van der Waals surface area (Å²) in [6.07, 6.45) is 0. The Balaban J connectivity index is 2.17. The summed E-state index contributed by atoms with van der Waals surface area (Å²) in [4.78, 5) is 12.3. The summed E-state index contributed by atoms with van der Waals surface area (Å²) < 4.78 is 0.938. The SMILES string of the molecule is Cc1ccc(Br)cc1C(=O)NC1C(C)(C)C1(C)C. The molecule has 0 heterocycles. The first kappa shape index (κ1) is 13.6. The second kappa shape index (κ2) is 4.09. The molecule has 1 aliphatic rings. The highest BCUT2D eigenvalue weighted by atomic mass is 79.9. The summed E-state index contributed by atoms with van der Waals surface area (Å²) in [5.74, 6) is 0.0254. The van der Waals surface area contributed by atoms with Gasteiger partial charge in [-0.25, -0.2) is 0 Å². The third kappa shape index (κ3) is 1.99. The van der Waals surface area contributed by atoms with Crippen LogP contribution in [0.1, 0.15) is 43.6 Å². The van der Waals surface area contributed by atoms with Gasteiger partial charge >= 0.3 is 0 Å². The molecule has 3 heteroatoms. The van der Waals surface area contributed by atoms with Crippen molar-refractivity contribution in [3.05, 3.63) is 33.8 Å². The Hall–Kier alpha value is -0.830. The average molecular weight is 310 g/mol. The summed E-state index contributed by atoms with van der Waals surface area (Å²) >= 11 is 3.41. The van der Waals surface area contributed by atoms with E-state index in [9.17, 15) is 4.79 Å². The molecule has 1 amide bonds. The van der Waals surface area contributed by atoms with Crippen LogP contribution in [-0.2, 0) is 0 Å². The maximum Gasteiger partial charge on any atom is 0.251 e. The maximum atomic E-state index is 12.3. The van der Waals surface area contributed by atoms with Crippen molar-refractivity contribution in [1.29, 1.82) is 0 Å². The zero-order valence-corrected chi connectivity index (χ0v) is 13.2. The Labute approximate surface area is 117 Å². The lowest BCUT2D eigenvalue weighted by Gasteiger charge is -2.09. The molecule has 2 rings (SSSR count). The highest BCUT2D eigenvalue weighted by Crippen LogP contribution is 2.62. The summed E-state index contributed by atoms with van der Waals surface area (Å²) in [6.45, 7) is 10.8. The van der Waals surface area contributed by atoms with Gasteiger partial charge in [0.25, 0.3) is 5.91 Å². The summed E-state index contributed by atoms with van der Waals surface area (Å²) in [5.41, 5.74) is 2.10. The fourth-order valence-electron chi connectivity index (χ4n) is 2.60. The van der Waals surface area contributed by atoms with E-state index in [-0.39, 0.29) is 22.8 Å². The average Bonchev–Trinajstić information content (AvgIpc) is 2.64. The van der Waals surface area contributed by atoms with Crippen LogP contribution in [0.3, 0.4) is 0 Å². The summed E-state index contributed by atoms with van der Waals surface area (Å²) in [7, 11) is 0. The van der Waals surface area contributed by atoms with Crippen LogP contribution < -0.4 is 5.32 Å². The second-order valence-electron chi connectivity index (χ2n) is 6.31. The van der Waals surface area contributed by atoms with Crippen LogP contribution in [0.25, 0.3) is 0 Å². The zero-order valence-electron chi connectivity index (χ0n) is 11.6. The van der Waals surface area contributed by atoms with Crippen LogP contribution >= 0.6 is 15.9 Å². The highest BCUT2D eigenvalue weighted by molar-refractivity contribution is 9.10. The normalized spacial score (nSPS) is 20.6. The Kier molecular flexibility index (Phi) is 3.09. The van der Waals surface area contributed by atoms with Crippen molar-refractivity contribution in [2.75, 3.05) is 0 Å². The molecule has 0 bridgehead atoms. The van der Waals surface area contributed by atoms with Gasteiger partial charge in [0.15, 0.2) is 0 Å². The number of nitrogens with one attached hydrogen (secondary N) is 1. The van der Waals surface area contributed by atoms with Crippen molar-refractivity contribution in [3.8, 4) is 0 Å². The van der Waals surface area contributed by atoms with Crippen molar-refractivity contribution in [2.24, 2.45) is 10.8 Å². The maximum absolute atomic E-state index is 12.3. The van der Waals surface area contributed by atoms with Crippen LogP contribution in [-0.4, -0.2) is 11.9 Å². The molecule has 18 heavy (non-hydrogen) atoms. The van der Waals surface area contributed by atoms with Crippen molar-refractivity contribution >= 4 is 21.8 Å². The van der Waals surface area contributed by atoms with Crippen molar-refractivity contribution in [3.63, 3.8) is 0 Å². The number of halogens is 1. The van der Waals surface area contributed by atoms with E-state index in [0.29, 0.717) is 0 Å². The van der Waals surface area contributed by atoms with Crippen LogP contribution in [0.2, 0.25) is 0 Å². The first-order valence-electron chi connectivity index (χ1n) is 6.25. The smallest absolute Gasteiger partial charge is 0.251 e. The van der Waals surface area contributed by atoms with E-state index in [2.05, 4.69) is 48.9 Å². The minimum absolute atomic E-state index is 0.0254. The minimum atomic E-state index is 0.0254. The largest absolute Gasteiger partial charge is 0.348 e. The number of hydrogen-bond donors (Lipinski definition) is 1. The molecule has 1 saturated carbocycles.